The summed E-state index contributed by atoms with van der Waals surface area (Å²) in [6.07, 6.45) is 2.32. The van der Waals surface area contributed by atoms with E-state index in [1.807, 2.05) is 0 Å². The van der Waals surface area contributed by atoms with Gasteiger partial charge in [0.15, 0.2) is 0 Å². The number of aliphatic carboxylic acids is 2. The maximum atomic E-state index is 14.3. The SMILES string of the molecule is CC[C@H](C)[C@H](NC(=O)[C@H](CCC(=O)O)NC(=O)[C@@H](NC(=O)[C@H](CCC(N)=O)NC(=O)[C@@H](N)CCCCN)[C@@H](C)CC)C(=O)N[C@@H](CCCCN)C(=O)N[C@@H](Cc1ccccc1)C(=O)N[C@@H](CCCCN)C(=O)O. The van der Waals surface area contributed by atoms with Crippen molar-refractivity contribution in [2.75, 3.05) is 19.6 Å². The monoisotopic (exact) mass is 1030 g/mol. The van der Waals surface area contributed by atoms with Crippen molar-refractivity contribution >= 4 is 59.2 Å². The van der Waals surface area contributed by atoms with E-state index in [1.54, 1.807) is 58.0 Å². The molecule has 19 N–H and O–H groups in total. The Kier molecular flexibility index (Phi) is 31.8. The minimum atomic E-state index is -1.57. The Balaban J connectivity index is 3.53. The second-order valence-electron chi connectivity index (χ2n) is 18.5. The Morgan fingerprint density at radius 1 is 0.479 bits per heavy atom. The van der Waals surface area contributed by atoms with Gasteiger partial charge >= 0.3 is 11.9 Å². The van der Waals surface area contributed by atoms with Gasteiger partial charge in [-0.3, -0.25) is 43.2 Å². The van der Waals surface area contributed by atoms with E-state index in [1.165, 1.54) is 0 Å². The van der Waals surface area contributed by atoms with E-state index in [0.29, 0.717) is 70.0 Å². The van der Waals surface area contributed by atoms with Crippen molar-refractivity contribution in [3.05, 3.63) is 35.9 Å². The molecule has 1 rings (SSSR count). The fourth-order valence-corrected chi connectivity index (χ4v) is 7.56. The molecule has 1 aromatic carbocycles. The van der Waals surface area contributed by atoms with Crippen molar-refractivity contribution in [3.8, 4) is 0 Å². The molecule has 0 saturated carbocycles. The fraction of sp³-hybridized carbons (Fsp3) is 0.673. The second-order valence-corrected chi connectivity index (χ2v) is 18.5. The largest absolute Gasteiger partial charge is 0.481 e. The highest BCUT2D eigenvalue weighted by molar-refractivity contribution is 5.98. The molecule has 0 radical (unpaired) electrons. The van der Waals surface area contributed by atoms with Gasteiger partial charge in [-0.05, 0) is 101 Å². The first-order valence-corrected chi connectivity index (χ1v) is 25.4. The third-order valence-corrected chi connectivity index (χ3v) is 12.5. The molecule has 0 spiro atoms. The minimum Gasteiger partial charge on any atom is -0.481 e. The molecule has 1 aromatic rings. The van der Waals surface area contributed by atoms with Crippen LogP contribution in [0, 0.1) is 11.8 Å². The lowest BCUT2D eigenvalue weighted by Gasteiger charge is -2.30. The molecule has 24 heteroatoms. The number of rotatable bonds is 39. The number of carbonyl (C=O) groups is 10. The lowest BCUT2D eigenvalue weighted by atomic mass is 9.95. The standard InChI is InChI=1S/C49H84N12O12/c1-5-29(3)40(47(70)56-33(19-11-14-26-51)43(66)59-37(28-31-16-8-7-9-17-31)46(69)58-36(49(72)73)20-12-15-27-52)61-45(68)35(22-24-39(63)64)57-48(71)41(30(4)6-2)60-44(67)34(21-23-38(54)62)55-42(65)32(53)18-10-13-25-50/h7-9,16-17,29-30,32-37,40-41H,5-6,10-15,18-28,50-53H2,1-4H3,(H2,54,62)(H,55,65)(H,56,70)(H,57,71)(H,58,69)(H,59,66)(H,60,67)(H,61,68)(H,63,64)(H,72,73)/t29-,30-,32-,33-,34-,35-,36-,37-,40-,41-/m0/s1. The Labute approximate surface area is 428 Å². The van der Waals surface area contributed by atoms with Gasteiger partial charge in [-0.2, -0.15) is 0 Å². The number of carboxylic acids is 2. The molecule has 0 aliphatic rings. The molecule has 412 valence electrons. The summed E-state index contributed by atoms with van der Waals surface area (Å²) in [5, 5.41) is 37.8. The third kappa shape index (κ3) is 25.3. The van der Waals surface area contributed by atoms with Gasteiger partial charge < -0.3 is 76.1 Å². The van der Waals surface area contributed by atoms with Gasteiger partial charge in [0, 0.05) is 19.3 Å². The van der Waals surface area contributed by atoms with Crippen molar-refractivity contribution in [2.45, 2.75) is 179 Å². The summed E-state index contributed by atoms with van der Waals surface area (Å²) in [7, 11) is 0. The number of hydrogen-bond donors (Lipinski definition) is 14. The highest BCUT2D eigenvalue weighted by Crippen LogP contribution is 2.15. The summed E-state index contributed by atoms with van der Waals surface area (Å²) in [6, 6.07) is -1.82. The normalized spacial score (nSPS) is 15.2. The number of nitrogens with two attached hydrogens (primary N) is 5. The van der Waals surface area contributed by atoms with Crippen molar-refractivity contribution in [2.24, 2.45) is 40.5 Å². The number of primary amides is 1. The number of benzene rings is 1. The fourth-order valence-electron chi connectivity index (χ4n) is 7.56. The molecule has 0 fully saturated rings. The van der Waals surface area contributed by atoms with Crippen molar-refractivity contribution in [1.82, 2.24) is 37.2 Å². The van der Waals surface area contributed by atoms with Crippen molar-refractivity contribution in [3.63, 3.8) is 0 Å². The van der Waals surface area contributed by atoms with Crippen LogP contribution >= 0.6 is 0 Å². The highest BCUT2D eigenvalue weighted by atomic mass is 16.4. The Hall–Kier alpha value is -6.24. The first kappa shape index (κ1) is 64.8. The second kappa shape index (κ2) is 35.8. The Morgan fingerprint density at radius 3 is 1.30 bits per heavy atom. The van der Waals surface area contributed by atoms with Gasteiger partial charge in [0.05, 0.1) is 6.04 Å². The predicted octanol–water partition coefficient (Wildman–Crippen LogP) is -1.36. The van der Waals surface area contributed by atoms with Crippen LogP contribution in [-0.2, 0) is 54.4 Å². The molecule has 24 nitrogen and oxygen atoms in total. The lowest BCUT2D eigenvalue weighted by molar-refractivity contribution is -0.142. The molecule has 0 aliphatic heterocycles. The molecule has 0 aromatic heterocycles. The third-order valence-electron chi connectivity index (χ3n) is 12.5. The number of nitrogens with one attached hydrogen (secondary N) is 7. The van der Waals surface area contributed by atoms with E-state index in [4.69, 9.17) is 28.7 Å². The van der Waals surface area contributed by atoms with Crippen molar-refractivity contribution < 1.29 is 58.2 Å². The van der Waals surface area contributed by atoms with Crippen LogP contribution in [0.2, 0.25) is 0 Å². The van der Waals surface area contributed by atoms with Gasteiger partial charge in [0.25, 0.3) is 0 Å². The average Bonchev–Trinajstić information content (AvgIpc) is 3.35. The smallest absolute Gasteiger partial charge is 0.326 e. The van der Waals surface area contributed by atoms with Crippen LogP contribution in [0.25, 0.3) is 0 Å². The van der Waals surface area contributed by atoms with E-state index in [2.05, 4.69) is 37.2 Å². The Morgan fingerprint density at radius 2 is 0.863 bits per heavy atom. The van der Waals surface area contributed by atoms with Crippen molar-refractivity contribution in [1.29, 1.82) is 0 Å². The van der Waals surface area contributed by atoms with Gasteiger partial charge in [-0.15, -0.1) is 0 Å². The van der Waals surface area contributed by atoms with Gasteiger partial charge in [0.1, 0.15) is 42.3 Å². The number of amides is 8. The first-order valence-electron chi connectivity index (χ1n) is 25.4. The average molecular weight is 1030 g/mol. The van der Waals surface area contributed by atoms with E-state index in [0.717, 1.165) is 0 Å². The molecule has 0 bridgehead atoms. The van der Waals surface area contributed by atoms with Crippen LogP contribution in [0.3, 0.4) is 0 Å². The van der Waals surface area contributed by atoms with Crippen LogP contribution in [0.1, 0.15) is 130 Å². The molecule has 10 atom stereocenters. The lowest BCUT2D eigenvalue weighted by Crippen LogP contribution is -2.61. The van der Waals surface area contributed by atoms with Crippen LogP contribution in [0.15, 0.2) is 30.3 Å². The van der Waals surface area contributed by atoms with E-state index in [-0.39, 0.29) is 45.1 Å². The molecular formula is C49H84N12O12. The number of hydrogen-bond acceptors (Lipinski definition) is 14. The zero-order valence-corrected chi connectivity index (χ0v) is 43.0. The number of carbonyl (C=O) groups excluding carboxylic acids is 8. The van der Waals surface area contributed by atoms with Crippen LogP contribution in [0.4, 0.5) is 0 Å². The van der Waals surface area contributed by atoms with Gasteiger partial charge in [0.2, 0.25) is 47.3 Å². The van der Waals surface area contributed by atoms with Crippen LogP contribution in [0.5, 0.6) is 0 Å². The molecule has 0 saturated heterocycles. The Bertz CT molecular complexity index is 1930. The topological polar surface area (TPSA) is 425 Å². The summed E-state index contributed by atoms with van der Waals surface area (Å²) >= 11 is 0. The molecule has 0 heterocycles. The molecular weight excluding hydrogens is 949 g/mol. The first-order chi connectivity index (χ1) is 34.6. The maximum Gasteiger partial charge on any atom is 0.326 e. The number of carboxylic acid groups (broad SMARTS) is 2. The van der Waals surface area contributed by atoms with Crippen LogP contribution in [-0.4, -0.2) is 137 Å². The molecule has 0 aliphatic carbocycles. The van der Waals surface area contributed by atoms with E-state index >= 15 is 0 Å². The van der Waals surface area contributed by atoms with E-state index < -0.39 is 132 Å². The summed E-state index contributed by atoms with van der Waals surface area (Å²) in [5.41, 5.74) is 28.9. The minimum absolute atomic E-state index is 0.0370. The highest BCUT2D eigenvalue weighted by Gasteiger charge is 2.37. The van der Waals surface area contributed by atoms with Gasteiger partial charge in [-0.1, -0.05) is 77.3 Å². The van der Waals surface area contributed by atoms with Crippen LogP contribution < -0.4 is 65.9 Å². The molecule has 0 unspecified atom stereocenters. The summed E-state index contributed by atoms with van der Waals surface area (Å²) in [4.78, 5) is 133. The summed E-state index contributed by atoms with van der Waals surface area (Å²) in [6.45, 7) is 7.74. The zero-order valence-electron chi connectivity index (χ0n) is 43.0. The summed E-state index contributed by atoms with van der Waals surface area (Å²) in [5.74, 6) is -10.3. The predicted molar refractivity (Wildman–Crippen MR) is 272 cm³/mol. The van der Waals surface area contributed by atoms with E-state index in [9.17, 15) is 58.2 Å². The van der Waals surface area contributed by atoms with Gasteiger partial charge in [-0.25, -0.2) is 4.79 Å². The summed E-state index contributed by atoms with van der Waals surface area (Å²) < 4.78 is 0. The maximum absolute atomic E-state index is 14.3. The molecule has 73 heavy (non-hydrogen) atoms. The number of unbranched alkanes of at least 4 members (excludes halogenated alkanes) is 3. The zero-order chi connectivity index (χ0) is 55.0. The quantitative estimate of drug-likeness (QED) is 0.0339. The molecule has 8 amide bonds.